The third kappa shape index (κ3) is 3.38. The molecule has 4 heteroatoms. The Morgan fingerprint density at radius 3 is 2.76 bits per heavy atom. The highest BCUT2D eigenvalue weighted by molar-refractivity contribution is 5.73. The molecule has 1 aliphatic heterocycles. The molecule has 1 aromatic rings. The second-order valence-electron chi connectivity index (χ2n) is 6.03. The van der Waals surface area contributed by atoms with E-state index in [9.17, 15) is 9.90 Å². The maximum Gasteiger partial charge on any atom is 0.217 e. The molecule has 0 bridgehead atoms. The van der Waals surface area contributed by atoms with Crippen molar-refractivity contribution in [2.24, 2.45) is 5.92 Å². The third-order valence-corrected chi connectivity index (χ3v) is 3.98. The van der Waals surface area contributed by atoms with E-state index in [1.165, 1.54) is 6.92 Å². The minimum Gasteiger partial charge on any atom is -0.493 e. The molecule has 1 heterocycles. The summed E-state index contributed by atoms with van der Waals surface area (Å²) in [5, 5.41) is 13.3. The van der Waals surface area contributed by atoms with Gasteiger partial charge >= 0.3 is 0 Å². The Kier molecular flexibility index (Phi) is 4.88. The zero-order valence-electron chi connectivity index (χ0n) is 13.3. The van der Waals surface area contributed by atoms with Gasteiger partial charge in [0.15, 0.2) is 0 Å². The van der Waals surface area contributed by atoms with E-state index in [2.05, 4.69) is 12.2 Å². The average Bonchev–Trinajstić information content (AvgIpc) is 2.45. The second-order valence-corrected chi connectivity index (χ2v) is 6.03. The highest BCUT2D eigenvalue weighted by Gasteiger charge is 2.26. The number of ether oxygens (including phenoxy) is 1. The van der Waals surface area contributed by atoms with Crippen LogP contribution in [0.3, 0.4) is 0 Å². The topological polar surface area (TPSA) is 58.6 Å². The first-order valence-electron chi connectivity index (χ1n) is 7.68. The summed E-state index contributed by atoms with van der Waals surface area (Å²) in [4.78, 5) is 11.4. The summed E-state index contributed by atoms with van der Waals surface area (Å²) in [5.41, 5.74) is 2.99. The Labute approximate surface area is 126 Å². The van der Waals surface area contributed by atoms with Crippen LogP contribution in [0.2, 0.25) is 0 Å². The van der Waals surface area contributed by atoms with E-state index < -0.39 is 6.10 Å². The molecule has 1 aliphatic rings. The first kappa shape index (κ1) is 15.8. The van der Waals surface area contributed by atoms with Crippen molar-refractivity contribution in [2.45, 2.75) is 52.7 Å². The van der Waals surface area contributed by atoms with E-state index in [0.29, 0.717) is 6.61 Å². The summed E-state index contributed by atoms with van der Waals surface area (Å²) in [6.07, 6.45) is 1.10. The van der Waals surface area contributed by atoms with Gasteiger partial charge in [0.1, 0.15) is 5.75 Å². The monoisotopic (exact) mass is 291 g/mol. The average molecular weight is 291 g/mol. The van der Waals surface area contributed by atoms with Gasteiger partial charge in [-0.25, -0.2) is 0 Å². The summed E-state index contributed by atoms with van der Waals surface area (Å²) in [6, 6.07) is 3.98. The van der Waals surface area contributed by atoms with Gasteiger partial charge in [-0.2, -0.15) is 0 Å². The zero-order valence-corrected chi connectivity index (χ0v) is 13.3. The van der Waals surface area contributed by atoms with E-state index in [1.807, 2.05) is 26.0 Å². The minimum atomic E-state index is -0.500. The molecular formula is C17H25NO3. The van der Waals surface area contributed by atoms with E-state index in [-0.39, 0.29) is 17.9 Å². The summed E-state index contributed by atoms with van der Waals surface area (Å²) >= 11 is 0. The third-order valence-electron chi connectivity index (χ3n) is 3.98. The number of aliphatic hydroxyl groups is 1. The van der Waals surface area contributed by atoms with Crippen LogP contribution in [-0.4, -0.2) is 17.6 Å². The maximum absolute atomic E-state index is 11.4. The number of benzene rings is 1. The maximum atomic E-state index is 11.4. The molecule has 1 amide bonds. The van der Waals surface area contributed by atoms with Crippen molar-refractivity contribution in [1.29, 1.82) is 0 Å². The molecule has 0 radical (unpaired) electrons. The fourth-order valence-corrected chi connectivity index (χ4v) is 2.82. The van der Waals surface area contributed by atoms with Crippen LogP contribution in [0.5, 0.6) is 5.75 Å². The van der Waals surface area contributed by atoms with Gasteiger partial charge in [-0.05, 0) is 35.6 Å². The van der Waals surface area contributed by atoms with Crippen molar-refractivity contribution in [2.75, 3.05) is 6.61 Å². The molecule has 2 N–H and O–H groups in total. The number of aliphatic hydroxyl groups excluding tert-OH is 1. The first-order chi connectivity index (χ1) is 9.93. The molecule has 0 aromatic heterocycles. The normalized spacial score (nSPS) is 18.9. The fraction of sp³-hybridized carbons (Fsp3) is 0.588. The van der Waals surface area contributed by atoms with Crippen molar-refractivity contribution in [3.63, 3.8) is 0 Å². The lowest BCUT2D eigenvalue weighted by Crippen LogP contribution is -2.31. The molecule has 0 saturated heterocycles. The van der Waals surface area contributed by atoms with Crippen LogP contribution >= 0.6 is 0 Å². The molecule has 0 fully saturated rings. The lowest BCUT2D eigenvalue weighted by molar-refractivity contribution is -0.119. The lowest BCUT2D eigenvalue weighted by Gasteiger charge is -2.30. The SMILES string of the molecule is CCc1cc(C(O)C(C)C)cc2c1OCCC2NC(C)=O. The number of hydrogen-bond donors (Lipinski definition) is 2. The van der Waals surface area contributed by atoms with Gasteiger partial charge in [0.05, 0.1) is 18.8 Å². The molecular weight excluding hydrogens is 266 g/mol. The second kappa shape index (κ2) is 6.48. The van der Waals surface area contributed by atoms with Crippen LogP contribution in [0.1, 0.15) is 63.0 Å². The molecule has 0 aliphatic carbocycles. The Balaban J connectivity index is 2.47. The molecule has 21 heavy (non-hydrogen) atoms. The Morgan fingerprint density at radius 1 is 1.48 bits per heavy atom. The summed E-state index contributed by atoms with van der Waals surface area (Å²) in [5.74, 6) is 0.986. The highest BCUT2D eigenvalue weighted by atomic mass is 16.5. The number of aryl methyl sites for hydroxylation is 1. The van der Waals surface area contributed by atoms with Crippen LogP contribution in [0.25, 0.3) is 0 Å². The lowest BCUT2D eigenvalue weighted by atomic mass is 9.90. The van der Waals surface area contributed by atoms with Gasteiger partial charge in [-0.15, -0.1) is 0 Å². The number of carbonyl (C=O) groups is 1. The molecule has 1 aromatic carbocycles. The predicted octanol–water partition coefficient (Wildman–Crippen LogP) is 2.90. The van der Waals surface area contributed by atoms with Crippen molar-refractivity contribution in [3.8, 4) is 5.75 Å². The Hall–Kier alpha value is -1.55. The van der Waals surface area contributed by atoms with Gasteiger partial charge in [0.25, 0.3) is 0 Å². The van der Waals surface area contributed by atoms with Gasteiger partial charge in [-0.3, -0.25) is 4.79 Å². The number of amides is 1. The zero-order chi connectivity index (χ0) is 15.6. The van der Waals surface area contributed by atoms with Crippen LogP contribution in [-0.2, 0) is 11.2 Å². The molecule has 2 rings (SSSR count). The molecule has 2 unspecified atom stereocenters. The first-order valence-corrected chi connectivity index (χ1v) is 7.68. The van der Waals surface area contributed by atoms with Crippen LogP contribution in [0.4, 0.5) is 0 Å². The van der Waals surface area contributed by atoms with E-state index in [4.69, 9.17) is 4.74 Å². The van der Waals surface area contributed by atoms with Gasteiger partial charge in [0, 0.05) is 18.9 Å². The molecule has 0 saturated carbocycles. The molecule has 2 atom stereocenters. The van der Waals surface area contributed by atoms with Crippen molar-refractivity contribution < 1.29 is 14.6 Å². The Morgan fingerprint density at radius 2 is 2.19 bits per heavy atom. The Bertz CT molecular complexity index is 525. The van der Waals surface area contributed by atoms with Crippen molar-refractivity contribution in [3.05, 3.63) is 28.8 Å². The standard InChI is InChI=1S/C17H25NO3/c1-5-12-8-13(16(20)10(2)3)9-14-15(18-11(4)19)6-7-21-17(12)14/h8-10,15-16,20H,5-7H2,1-4H3,(H,18,19). The number of rotatable bonds is 4. The molecule has 116 valence electrons. The predicted molar refractivity (Wildman–Crippen MR) is 82.3 cm³/mol. The summed E-state index contributed by atoms with van der Waals surface area (Å²) in [7, 11) is 0. The number of nitrogens with one attached hydrogen (secondary N) is 1. The van der Waals surface area contributed by atoms with E-state index in [1.54, 1.807) is 0 Å². The van der Waals surface area contributed by atoms with Gasteiger partial charge < -0.3 is 15.2 Å². The number of carbonyl (C=O) groups excluding carboxylic acids is 1. The quantitative estimate of drug-likeness (QED) is 0.896. The van der Waals surface area contributed by atoms with Crippen molar-refractivity contribution >= 4 is 5.91 Å². The van der Waals surface area contributed by atoms with Gasteiger partial charge in [0.2, 0.25) is 5.91 Å². The van der Waals surface area contributed by atoms with E-state index in [0.717, 1.165) is 35.3 Å². The van der Waals surface area contributed by atoms with Crippen LogP contribution < -0.4 is 10.1 Å². The smallest absolute Gasteiger partial charge is 0.217 e. The number of fused-ring (bicyclic) bond motifs is 1. The van der Waals surface area contributed by atoms with Crippen LogP contribution in [0.15, 0.2) is 12.1 Å². The largest absolute Gasteiger partial charge is 0.493 e. The minimum absolute atomic E-state index is 0.0316. The molecule has 4 nitrogen and oxygen atoms in total. The summed E-state index contributed by atoms with van der Waals surface area (Å²) in [6.45, 7) is 8.21. The van der Waals surface area contributed by atoms with Crippen molar-refractivity contribution in [1.82, 2.24) is 5.32 Å². The summed E-state index contributed by atoms with van der Waals surface area (Å²) < 4.78 is 5.82. The highest BCUT2D eigenvalue weighted by Crippen LogP contribution is 2.38. The van der Waals surface area contributed by atoms with E-state index >= 15 is 0 Å². The number of hydrogen-bond acceptors (Lipinski definition) is 3. The van der Waals surface area contributed by atoms with Gasteiger partial charge in [-0.1, -0.05) is 20.8 Å². The molecule has 0 spiro atoms. The van der Waals surface area contributed by atoms with Crippen LogP contribution in [0, 0.1) is 5.92 Å². The fourth-order valence-electron chi connectivity index (χ4n) is 2.82.